The maximum absolute atomic E-state index is 13.0. The highest BCUT2D eigenvalue weighted by Gasteiger charge is 2.14. The molecule has 0 heterocycles. The lowest BCUT2D eigenvalue weighted by molar-refractivity contribution is 0.0928. The molecule has 0 bridgehead atoms. The zero-order chi connectivity index (χ0) is 19.2. The molecular weight excluding hydrogens is 354 g/mol. The van der Waals surface area contributed by atoms with Crippen LogP contribution in [0.25, 0.3) is 21.5 Å². The average Bonchev–Trinajstić information content (AvgIpc) is 2.70. The molecule has 0 N–H and O–H groups in total. The third-order valence-corrected chi connectivity index (χ3v) is 5.47. The van der Waals surface area contributed by atoms with Crippen molar-refractivity contribution in [2.45, 2.75) is 39.5 Å². The van der Waals surface area contributed by atoms with E-state index in [0.717, 1.165) is 70.9 Å². The molecule has 3 heteroatoms. The quantitative estimate of drug-likeness (QED) is 0.302. The van der Waals surface area contributed by atoms with Crippen molar-refractivity contribution in [3.8, 4) is 0 Å². The fraction of sp³-hybridized carbons (Fsp3) is 0.375. The molecule has 0 aliphatic carbocycles. The highest BCUT2D eigenvalue weighted by Crippen LogP contribution is 2.32. The van der Waals surface area contributed by atoms with Gasteiger partial charge in [0.25, 0.3) is 0 Å². The summed E-state index contributed by atoms with van der Waals surface area (Å²) in [6.07, 6.45) is 4.58. The lowest BCUT2D eigenvalue weighted by Crippen LogP contribution is -2.31. The molecule has 0 aliphatic heterocycles. The standard InChI is InChI=1S/C24H28ClNO/c1-3-5-13-26(14-6-4-2)17-24(27)19-12-11-18-16-23(25)21-10-8-7-9-20(21)22(18)15-19/h7-12,15-16H,3-6,13-14,17H2,1-2H3. The van der Waals surface area contributed by atoms with Crippen LogP contribution >= 0.6 is 11.6 Å². The summed E-state index contributed by atoms with van der Waals surface area (Å²) in [5.74, 6) is 0.197. The van der Waals surface area contributed by atoms with Crippen LogP contribution in [0.5, 0.6) is 0 Å². The lowest BCUT2D eigenvalue weighted by atomic mass is 9.98. The van der Waals surface area contributed by atoms with Gasteiger partial charge in [0.2, 0.25) is 0 Å². The number of fused-ring (bicyclic) bond motifs is 3. The first kappa shape index (κ1) is 19.9. The number of benzene rings is 3. The van der Waals surface area contributed by atoms with Gasteiger partial charge < -0.3 is 0 Å². The Bertz CT molecular complexity index is 926. The highest BCUT2D eigenvalue weighted by atomic mass is 35.5. The monoisotopic (exact) mass is 381 g/mol. The summed E-state index contributed by atoms with van der Waals surface area (Å²) < 4.78 is 0. The van der Waals surface area contributed by atoms with Crippen molar-refractivity contribution in [1.29, 1.82) is 0 Å². The number of ketones is 1. The number of Topliss-reactive ketones (excluding diaryl/α,β-unsaturated/α-hetero) is 1. The van der Waals surface area contributed by atoms with Crippen molar-refractivity contribution in [3.05, 3.63) is 59.1 Å². The average molecular weight is 382 g/mol. The normalized spacial score (nSPS) is 11.6. The number of carbonyl (C=O) groups excluding carboxylic acids is 1. The van der Waals surface area contributed by atoms with Crippen LogP contribution in [-0.2, 0) is 0 Å². The number of halogens is 1. The Kier molecular flexibility index (Phi) is 6.87. The van der Waals surface area contributed by atoms with Gasteiger partial charge in [-0.1, -0.05) is 74.7 Å². The molecule has 3 aromatic rings. The van der Waals surface area contributed by atoms with Gasteiger partial charge in [-0.05, 0) is 54.2 Å². The minimum Gasteiger partial charge on any atom is -0.296 e. The number of carbonyl (C=O) groups is 1. The molecule has 27 heavy (non-hydrogen) atoms. The van der Waals surface area contributed by atoms with Crippen LogP contribution in [0, 0.1) is 0 Å². The van der Waals surface area contributed by atoms with E-state index in [4.69, 9.17) is 11.6 Å². The van der Waals surface area contributed by atoms with Crippen LogP contribution in [-0.4, -0.2) is 30.3 Å². The zero-order valence-corrected chi connectivity index (χ0v) is 17.1. The van der Waals surface area contributed by atoms with E-state index in [2.05, 4.69) is 24.8 Å². The second-order valence-corrected chi connectivity index (χ2v) is 7.65. The Morgan fingerprint density at radius 2 is 1.56 bits per heavy atom. The predicted molar refractivity (Wildman–Crippen MR) is 117 cm³/mol. The summed E-state index contributed by atoms with van der Waals surface area (Å²) in [6, 6.07) is 16.1. The number of hydrogen-bond acceptors (Lipinski definition) is 2. The summed E-state index contributed by atoms with van der Waals surface area (Å²) in [5, 5.41) is 5.05. The van der Waals surface area contributed by atoms with Crippen LogP contribution < -0.4 is 0 Å². The first-order valence-electron chi connectivity index (χ1n) is 10.0. The second-order valence-electron chi connectivity index (χ2n) is 7.25. The molecule has 0 aliphatic rings. The van der Waals surface area contributed by atoms with E-state index in [1.54, 1.807) is 0 Å². The largest absolute Gasteiger partial charge is 0.296 e. The van der Waals surface area contributed by atoms with Crippen LogP contribution in [0.1, 0.15) is 49.9 Å². The third kappa shape index (κ3) is 4.69. The molecule has 0 radical (unpaired) electrons. The molecule has 0 aromatic heterocycles. The molecule has 0 amide bonds. The summed E-state index contributed by atoms with van der Waals surface area (Å²) in [4.78, 5) is 15.3. The van der Waals surface area contributed by atoms with E-state index in [1.807, 2.05) is 42.5 Å². The van der Waals surface area contributed by atoms with Gasteiger partial charge in [-0.3, -0.25) is 9.69 Å². The smallest absolute Gasteiger partial charge is 0.176 e. The third-order valence-electron chi connectivity index (χ3n) is 5.16. The van der Waals surface area contributed by atoms with E-state index < -0.39 is 0 Å². The highest BCUT2D eigenvalue weighted by molar-refractivity contribution is 6.37. The van der Waals surface area contributed by atoms with Gasteiger partial charge in [-0.15, -0.1) is 0 Å². The van der Waals surface area contributed by atoms with Gasteiger partial charge in [-0.25, -0.2) is 0 Å². The van der Waals surface area contributed by atoms with Crippen LogP contribution in [0.4, 0.5) is 0 Å². The fourth-order valence-electron chi connectivity index (χ4n) is 3.56. The first-order valence-corrected chi connectivity index (χ1v) is 10.4. The van der Waals surface area contributed by atoms with Gasteiger partial charge in [0.1, 0.15) is 0 Å². The molecule has 0 spiro atoms. The van der Waals surface area contributed by atoms with E-state index in [9.17, 15) is 4.79 Å². The number of unbranched alkanes of at least 4 members (excludes halogenated alkanes) is 2. The molecule has 2 nitrogen and oxygen atoms in total. The molecule has 3 rings (SSSR count). The van der Waals surface area contributed by atoms with Gasteiger partial charge in [0.15, 0.2) is 5.78 Å². The summed E-state index contributed by atoms with van der Waals surface area (Å²) in [7, 11) is 0. The van der Waals surface area contributed by atoms with Crippen molar-refractivity contribution in [3.63, 3.8) is 0 Å². The van der Waals surface area contributed by atoms with Gasteiger partial charge in [0.05, 0.1) is 6.54 Å². The number of rotatable bonds is 9. The van der Waals surface area contributed by atoms with E-state index in [1.165, 1.54) is 0 Å². The Morgan fingerprint density at radius 1 is 0.889 bits per heavy atom. The predicted octanol–water partition coefficient (Wildman–Crippen LogP) is 6.73. The minimum atomic E-state index is 0.197. The lowest BCUT2D eigenvalue weighted by Gasteiger charge is -2.21. The van der Waals surface area contributed by atoms with E-state index in [-0.39, 0.29) is 5.78 Å². The molecule has 0 unspecified atom stereocenters. The molecule has 0 saturated carbocycles. The Balaban J connectivity index is 1.90. The van der Waals surface area contributed by atoms with Gasteiger partial charge in [-0.2, -0.15) is 0 Å². The summed E-state index contributed by atoms with van der Waals surface area (Å²) in [5.41, 5.74) is 0.785. The number of hydrogen-bond donors (Lipinski definition) is 0. The van der Waals surface area contributed by atoms with Gasteiger partial charge >= 0.3 is 0 Å². The number of nitrogens with zero attached hydrogens (tertiary/aromatic N) is 1. The first-order chi connectivity index (χ1) is 13.1. The van der Waals surface area contributed by atoms with Crippen molar-refractivity contribution < 1.29 is 4.79 Å². The fourth-order valence-corrected chi connectivity index (χ4v) is 3.84. The Morgan fingerprint density at radius 3 is 2.22 bits per heavy atom. The zero-order valence-electron chi connectivity index (χ0n) is 16.3. The van der Waals surface area contributed by atoms with Crippen molar-refractivity contribution in [1.82, 2.24) is 4.90 Å². The molecule has 3 aromatic carbocycles. The van der Waals surface area contributed by atoms with Crippen LogP contribution in [0.15, 0.2) is 48.5 Å². The second kappa shape index (κ2) is 9.34. The van der Waals surface area contributed by atoms with Crippen molar-refractivity contribution >= 4 is 38.9 Å². The van der Waals surface area contributed by atoms with Crippen molar-refractivity contribution in [2.24, 2.45) is 0 Å². The molecule has 0 fully saturated rings. The van der Waals surface area contributed by atoms with E-state index in [0.29, 0.717) is 6.54 Å². The maximum Gasteiger partial charge on any atom is 0.176 e. The van der Waals surface area contributed by atoms with Crippen LogP contribution in [0.2, 0.25) is 5.02 Å². The summed E-state index contributed by atoms with van der Waals surface area (Å²) in [6.45, 7) is 6.87. The summed E-state index contributed by atoms with van der Waals surface area (Å²) >= 11 is 6.43. The van der Waals surface area contributed by atoms with Crippen molar-refractivity contribution in [2.75, 3.05) is 19.6 Å². The SMILES string of the molecule is CCCCN(CCCC)CC(=O)c1ccc2cc(Cl)c3ccccc3c2c1. The Hall–Kier alpha value is -1.90. The Labute approximate surface area is 167 Å². The molecule has 142 valence electrons. The maximum atomic E-state index is 13.0. The van der Waals surface area contributed by atoms with E-state index >= 15 is 0 Å². The molecule has 0 atom stereocenters. The topological polar surface area (TPSA) is 20.3 Å². The van der Waals surface area contributed by atoms with Crippen LogP contribution in [0.3, 0.4) is 0 Å². The molecular formula is C24H28ClNO. The minimum absolute atomic E-state index is 0.197. The molecule has 0 saturated heterocycles. The van der Waals surface area contributed by atoms with Gasteiger partial charge in [0, 0.05) is 16.0 Å².